The summed E-state index contributed by atoms with van der Waals surface area (Å²) in [5, 5.41) is 8.18. The molecule has 9 heteroatoms. The number of hydrogen-bond acceptors (Lipinski definition) is 7. The Morgan fingerprint density at radius 3 is 2.57 bits per heavy atom. The Hall–Kier alpha value is -4.92. The number of carbonyl (C=O) groups is 2. The van der Waals surface area contributed by atoms with E-state index in [0.717, 1.165) is 27.9 Å². The number of nitrogens with zero attached hydrogens (tertiary/aromatic N) is 5. The zero-order chi connectivity index (χ0) is 25.6. The van der Waals surface area contributed by atoms with Crippen LogP contribution >= 0.6 is 0 Å². The Morgan fingerprint density at radius 2 is 1.78 bits per heavy atom. The highest BCUT2D eigenvalue weighted by atomic mass is 16.1. The van der Waals surface area contributed by atoms with E-state index in [1.165, 1.54) is 0 Å². The predicted molar refractivity (Wildman–Crippen MR) is 140 cm³/mol. The van der Waals surface area contributed by atoms with Crippen molar-refractivity contribution in [2.75, 3.05) is 5.32 Å². The van der Waals surface area contributed by atoms with Gasteiger partial charge in [-0.25, -0.2) is 9.50 Å². The Morgan fingerprint density at radius 1 is 0.946 bits per heavy atom. The van der Waals surface area contributed by atoms with Crippen LogP contribution in [0.4, 0.5) is 5.82 Å². The highest BCUT2D eigenvalue weighted by Crippen LogP contribution is 2.31. The van der Waals surface area contributed by atoms with Gasteiger partial charge in [-0.1, -0.05) is 36.4 Å². The molecular formula is C28H25N7O2. The van der Waals surface area contributed by atoms with Crippen molar-refractivity contribution in [2.24, 2.45) is 5.73 Å². The molecule has 4 heterocycles. The van der Waals surface area contributed by atoms with Crippen LogP contribution in [-0.4, -0.2) is 36.3 Å². The highest BCUT2D eigenvalue weighted by Gasteiger charge is 2.16. The summed E-state index contributed by atoms with van der Waals surface area (Å²) in [6.45, 7) is 0.485. The normalized spacial score (nSPS) is 10.9. The molecule has 0 bridgehead atoms. The fraction of sp³-hybridized carbons (Fsp3) is 0.143. The number of pyridine rings is 2. The summed E-state index contributed by atoms with van der Waals surface area (Å²) in [5.74, 6) is 0.548. The Kier molecular flexibility index (Phi) is 6.93. The van der Waals surface area contributed by atoms with Crippen LogP contribution in [0.25, 0.3) is 28.0 Å². The number of fused-ring (bicyclic) bond motifs is 1. The smallest absolute Gasteiger partial charge is 0.217 e. The number of nitrogens with two attached hydrogens (primary N) is 1. The molecule has 37 heavy (non-hydrogen) atoms. The molecule has 3 N–H and O–H groups in total. The van der Waals surface area contributed by atoms with Crippen molar-refractivity contribution in [2.45, 2.75) is 25.8 Å². The first-order chi connectivity index (χ1) is 18.1. The molecule has 0 unspecified atom stereocenters. The molecule has 5 rings (SSSR count). The minimum absolute atomic E-state index is 0.0361. The van der Waals surface area contributed by atoms with E-state index < -0.39 is 5.91 Å². The van der Waals surface area contributed by atoms with Gasteiger partial charge in [0.1, 0.15) is 11.3 Å². The van der Waals surface area contributed by atoms with E-state index in [4.69, 9.17) is 15.8 Å². The lowest BCUT2D eigenvalue weighted by atomic mass is 10.1. The second-order valence-corrected chi connectivity index (χ2v) is 8.61. The molecule has 4 aromatic heterocycles. The number of hydrogen-bond donors (Lipinski definition) is 2. The van der Waals surface area contributed by atoms with Crippen LogP contribution in [0.3, 0.4) is 0 Å². The van der Waals surface area contributed by atoms with Gasteiger partial charge in [0.05, 0.1) is 12.2 Å². The number of benzene rings is 1. The van der Waals surface area contributed by atoms with Crippen LogP contribution in [0, 0.1) is 0 Å². The van der Waals surface area contributed by atoms with Gasteiger partial charge in [0.25, 0.3) is 0 Å². The SMILES string of the molecule is NC(=O)CCC(=O)Cc1cncc(-c2nc(NCc3ccccn3)c3c(-c4ccccc4)ccn3n2)c1. The second-order valence-electron chi connectivity index (χ2n) is 8.61. The van der Waals surface area contributed by atoms with Gasteiger partial charge in [-0.3, -0.25) is 19.6 Å². The molecule has 0 aliphatic heterocycles. The van der Waals surface area contributed by atoms with Crippen molar-refractivity contribution in [3.05, 3.63) is 96.7 Å². The number of anilines is 1. The molecule has 1 aromatic carbocycles. The average Bonchev–Trinajstić information content (AvgIpc) is 3.36. The Labute approximate surface area is 213 Å². The van der Waals surface area contributed by atoms with Gasteiger partial charge in [-0.15, -0.1) is 5.10 Å². The zero-order valence-corrected chi connectivity index (χ0v) is 20.0. The van der Waals surface area contributed by atoms with Crippen LogP contribution < -0.4 is 11.1 Å². The third-order valence-corrected chi connectivity index (χ3v) is 5.86. The summed E-state index contributed by atoms with van der Waals surface area (Å²) in [4.78, 5) is 36.8. The third kappa shape index (κ3) is 5.67. The number of rotatable bonds is 10. The van der Waals surface area contributed by atoms with E-state index in [0.29, 0.717) is 23.8 Å². The van der Waals surface area contributed by atoms with Crippen molar-refractivity contribution >= 4 is 23.0 Å². The van der Waals surface area contributed by atoms with Crippen LogP contribution in [0.2, 0.25) is 0 Å². The van der Waals surface area contributed by atoms with Gasteiger partial charge in [0, 0.05) is 55.2 Å². The van der Waals surface area contributed by atoms with Crippen molar-refractivity contribution in [3.8, 4) is 22.5 Å². The number of amides is 1. The highest BCUT2D eigenvalue weighted by molar-refractivity contribution is 5.89. The molecule has 1 amide bonds. The van der Waals surface area contributed by atoms with E-state index in [-0.39, 0.29) is 25.0 Å². The summed E-state index contributed by atoms with van der Waals surface area (Å²) in [7, 11) is 0. The molecule has 0 aliphatic carbocycles. The van der Waals surface area contributed by atoms with Crippen LogP contribution in [0.1, 0.15) is 24.1 Å². The summed E-state index contributed by atoms with van der Waals surface area (Å²) in [6.07, 6.45) is 7.26. The van der Waals surface area contributed by atoms with E-state index in [1.54, 1.807) is 23.1 Å². The van der Waals surface area contributed by atoms with Crippen LogP contribution in [-0.2, 0) is 22.6 Å². The number of Topliss-reactive ketones (excluding diaryl/α,β-unsaturated/α-hetero) is 1. The number of ketones is 1. The van der Waals surface area contributed by atoms with Gasteiger partial charge in [-0.2, -0.15) is 0 Å². The molecule has 0 aliphatic rings. The van der Waals surface area contributed by atoms with E-state index in [1.807, 2.05) is 54.7 Å². The maximum Gasteiger partial charge on any atom is 0.217 e. The molecule has 0 fully saturated rings. The minimum atomic E-state index is -0.491. The summed E-state index contributed by atoms with van der Waals surface area (Å²) in [5.41, 5.74) is 10.3. The van der Waals surface area contributed by atoms with Crippen molar-refractivity contribution in [1.29, 1.82) is 0 Å². The minimum Gasteiger partial charge on any atom is -0.370 e. The first kappa shape index (κ1) is 23.8. The number of primary amides is 1. The fourth-order valence-electron chi connectivity index (χ4n) is 4.08. The Bertz CT molecular complexity index is 1550. The van der Waals surface area contributed by atoms with E-state index in [2.05, 4.69) is 27.4 Å². The standard InChI is InChI=1S/C28H25N7O2/c29-25(37)10-9-23(36)15-19-14-21(17-30-16-19)27-33-28(32-18-22-8-4-5-12-31-22)26-24(11-13-35(26)34-27)20-6-2-1-3-7-20/h1-8,11-14,16-17H,9-10,15,18H2,(H2,29,37)(H,32,33,34). The van der Waals surface area contributed by atoms with Crippen molar-refractivity contribution < 1.29 is 9.59 Å². The number of carbonyl (C=O) groups excluding carboxylic acids is 2. The zero-order valence-electron chi connectivity index (χ0n) is 20.0. The molecule has 0 spiro atoms. The van der Waals surface area contributed by atoms with Crippen molar-refractivity contribution in [3.63, 3.8) is 0 Å². The molecule has 5 aromatic rings. The van der Waals surface area contributed by atoms with Gasteiger partial charge in [0.15, 0.2) is 11.6 Å². The van der Waals surface area contributed by atoms with E-state index >= 15 is 0 Å². The van der Waals surface area contributed by atoms with Gasteiger partial charge >= 0.3 is 0 Å². The van der Waals surface area contributed by atoms with Crippen molar-refractivity contribution in [1.82, 2.24) is 24.6 Å². The molecule has 184 valence electrons. The molecule has 0 saturated carbocycles. The fourth-order valence-corrected chi connectivity index (χ4v) is 4.08. The number of aromatic nitrogens is 5. The Balaban J connectivity index is 1.51. The molecule has 0 radical (unpaired) electrons. The monoisotopic (exact) mass is 491 g/mol. The number of nitrogens with one attached hydrogen (secondary N) is 1. The first-order valence-electron chi connectivity index (χ1n) is 11.9. The maximum absolute atomic E-state index is 12.3. The first-order valence-corrected chi connectivity index (χ1v) is 11.9. The summed E-state index contributed by atoms with van der Waals surface area (Å²) >= 11 is 0. The maximum atomic E-state index is 12.3. The topological polar surface area (TPSA) is 128 Å². The summed E-state index contributed by atoms with van der Waals surface area (Å²) < 4.78 is 1.80. The average molecular weight is 492 g/mol. The molecule has 0 saturated heterocycles. The van der Waals surface area contributed by atoms with Gasteiger partial charge in [-0.05, 0) is 35.4 Å². The lowest BCUT2D eigenvalue weighted by Crippen LogP contribution is -2.13. The second kappa shape index (κ2) is 10.8. The van der Waals surface area contributed by atoms with Crippen LogP contribution in [0.15, 0.2) is 85.5 Å². The van der Waals surface area contributed by atoms with Crippen LogP contribution in [0.5, 0.6) is 0 Å². The van der Waals surface area contributed by atoms with E-state index in [9.17, 15) is 9.59 Å². The lowest BCUT2D eigenvalue weighted by molar-refractivity contribution is -0.123. The largest absolute Gasteiger partial charge is 0.370 e. The lowest BCUT2D eigenvalue weighted by Gasteiger charge is -2.12. The van der Waals surface area contributed by atoms with Gasteiger partial charge < -0.3 is 11.1 Å². The molecule has 0 atom stereocenters. The molecular weight excluding hydrogens is 466 g/mol. The quantitative estimate of drug-likeness (QED) is 0.304. The predicted octanol–water partition coefficient (Wildman–Crippen LogP) is 3.84. The third-order valence-electron chi connectivity index (χ3n) is 5.86. The van der Waals surface area contributed by atoms with Gasteiger partial charge in [0.2, 0.25) is 5.91 Å². The molecule has 9 nitrogen and oxygen atoms in total. The summed E-state index contributed by atoms with van der Waals surface area (Å²) in [6, 6.07) is 19.7.